The van der Waals surface area contributed by atoms with Crippen LogP contribution in [-0.4, -0.2) is 38.4 Å². The number of benzene rings is 2. The van der Waals surface area contributed by atoms with Crippen LogP contribution >= 0.6 is 11.8 Å². The van der Waals surface area contributed by atoms with Crippen molar-refractivity contribution in [1.82, 2.24) is 0 Å². The van der Waals surface area contributed by atoms with Gasteiger partial charge in [0.05, 0.1) is 18.4 Å². The molecule has 1 N–H and O–H groups in total. The second-order valence-electron chi connectivity index (χ2n) is 6.64. The standard InChI is InChI=1S/C21H24FNO4S/c1-14(23-24)19-5-4-17(13-20(19)25-2)28-18-11-15(10-16(22)12-18)21(26-3)6-8-27-9-7-21/h4-5,10-13,24H,6-9H2,1-3H3/b23-14+. The summed E-state index contributed by atoms with van der Waals surface area (Å²) in [4.78, 5) is 1.67. The highest BCUT2D eigenvalue weighted by Crippen LogP contribution is 2.39. The van der Waals surface area contributed by atoms with E-state index in [1.807, 2.05) is 24.3 Å². The molecule has 150 valence electrons. The predicted octanol–water partition coefficient (Wildman–Crippen LogP) is 4.84. The third-order valence-electron chi connectivity index (χ3n) is 5.04. The molecule has 0 aliphatic carbocycles. The second kappa shape index (κ2) is 8.94. The molecular formula is C21H24FNO4S. The van der Waals surface area contributed by atoms with Crippen molar-refractivity contribution in [2.45, 2.75) is 35.2 Å². The molecule has 0 saturated carbocycles. The molecule has 0 amide bonds. The van der Waals surface area contributed by atoms with Gasteiger partial charge in [0.15, 0.2) is 0 Å². The average molecular weight is 405 g/mol. The third-order valence-corrected chi connectivity index (χ3v) is 6.00. The Morgan fingerprint density at radius 1 is 1.14 bits per heavy atom. The molecule has 28 heavy (non-hydrogen) atoms. The maximum Gasteiger partial charge on any atom is 0.129 e. The molecule has 0 spiro atoms. The maximum atomic E-state index is 14.4. The molecule has 0 bridgehead atoms. The lowest BCUT2D eigenvalue weighted by Crippen LogP contribution is -2.35. The SMILES string of the molecule is COc1cc(Sc2cc(F)cc(C3(OC)CCOCC3)c2)ccc1/C(C)=N/O. The Hall–Kier alpha value is -2.09. The molecular weight excluding hydrogens is 381 g/mol. The first kappa shape index (κ1) is 20.6. The van der Waals surface area contributed by atoms with Crippen molar-refractivity contribution in [2.24, 2.45) is 5.16 Å². The molecule has 1 aliphatic rings. The quantitative estimate of drug-likeness (QED) is 0.424. The van der Waals surface area contributed by atoms with Crippen LogP contribution in [0.25, 0.3) is 0 Å². The number of rotatable bonds is 6. The van der Waals surface area contributed by atoms with E-state index in [9.17, 15) is 4.39 Å². The number of hydrogen-bond acceptors (Lipinski definition) is 6. The molecule has 1 heterocycles. The zero-order chi connectivity index (χ0) is 20.1. The van der Waals surface area contributed by atoms with E-state index < -0.39 is 5.60 Å². The number of ether oxygens (including phenoxy) is 3. The zero-order valence-electron chi connectivity index (χ0n) is 16.2. The molecule has 0 aromatic heterocycles. The van der Waals surface area contributed by atoms with Crippen molar-refractivity contribution in [1.29, 1.82) is 0 Å². The summed E-state index contributed by atoms with van der Waals surface area (Å²) < 4.78 is 31.0. The monoisotopic (exact) mass is 405 g/mol. The summed E-state index contributed by atoms with van der Waals surface area (Å²) in [5.74, 6) is 0.296. The summed E-state index contributed by atoms with van der Waals surface area (Å²) >= 11 is 1.44. The largest absolute Gasteiger partial charge is 0.496 e. The molecule has 1 fully saturated rings. The normalized spacial score (nSPS) is 16.8. The van der Waals surface area contributed by atoms with Gasteiger partial charge in [-0.15, -0.1) is 0 Å². The molecule has 2 aromatic carbocycles. The topological polar surface area (TPSA) is 60.3 Å². The Morgan fingerprint density at radius 3 is 2.54 bits per heavy atom. The lowest BCUT2D eigenvalue weighted by Gasteiger charge is -2.36. The van der Waals surface area contributed by atoms with Crippen molar-refractivity contribution in [3.8, 4) is 5.75 Å². The molecule has 1 saturated heterocycles. The van der Waals surface area contributed by atoms with Crippen molar-refractivity contribution < 1.29 is 23.8 Å². The van der Waals surface area contributed by atoms with Gasteiger partial charge in [0.2, 0.25) is 0 Å². The van der Waals surface area contributed by atoms with E-state index in [2.05, 4.69) is 5.16 Å². The first-order valence-corrected chi connectivity index (χ1v) is 9.82. The van der Waals surface area contributed by atoms with Gasteiger partial charge in [0.25, 0.3) is 0 Å². The number of oxime groups is 1. The smallest absolute Gasteiger partial charge is 0.129 e. The first-order valence-electron chi connectivity index (χ1n) is 9.00. The summed E-state index contributed by atoms with van der Waals surface area (Å²) in [5.41, 5.74) is 1.47. The van der Waals surface area contributed by atoms with E-state index in [1.165, 1.54) is 17.8 Å². The summed E-state index contributed by atoms with van der Waals surface area (Å²) in [6.07, 6.45) is 1.39. The van der Waals surface area contributed by atoms with E-state index in [0.29, 0.717) is 43.1 Å². The van der Waals surface area contributed by atoms with E-state index in [1.54, 1.807) is 27.2 Å². The Morgan fingerprint density at radius 2 is 1.89 bits per heavy atom. The van der Waals surface area contributed by atoms with Crippen molar-refractivity contribution >= 4 is 17.5 Å². The van der Waals surface area contributed by atoms with Crippen LogP contribution in [0.5, 0.6) is 5.75 Å². The molecule has 0 radical (unpaired) electrons. The fraction of sp³-hybridized carbons (Fsp3) is 0.381. The van der Waals surface area contributed by atoms with Gasteiger partial charge in [-0.2, -0.15) is 0 Å². The minimum atomic E-state index is -0.522. The molecule has 1 aliphatic heterocycles. The average Bonchev–Trinajstić information content (AvgIpc) is 2.73. The van der Waals surface area contributed by atoms with Crippen molar-refractivity contribution in [3.05, 3.63) is 53.3 Å². The predicted molar refractivity (Wildman–Crippen MR) is 106 cm³/mol. The molecule has 7 heteroatoms. The summed E-state index contributed by atoms with van der Waals surface area (Å²) in [5, 5.41) is 12.2. The van der Waals surface area contributed by atoms with E-state index in [-0.39, 0.29) is 5.82 Å². The van der Waals surface area contributed by atoms with Crippen molar-refractivity contribution in [2.75, 3.05) is 27.4 Å². The summed E-state index contributed by atoms with van der Waals surface area (Å²) in [6.45, 7) is 2.89. The van der Waals surface area contributed by atoms with Gasteiger partial charge in [-0.1, -0.05) is 16.9 Å². The van der Waals surface area contributed by atoms with Crippen molar-refractivity contribution in [3.63, 3.8) is 0 Å². The first-order chi connectivity index (χ1) is 13.5. The minimum Gasteiger partial charge on any atom is -0.496 e. The van der Waals surface area contributed by atoms with Crippen LogP contribution in [-0.2, 0) is 15.1 Å². The number of hydrogen-bond donors (Lipinski definition) is 1. The van der Waals surface area contributed by atoms with E-state index in [0.717, 1.165) is 15.4 Å². The second-order valence-corrected chi connectivity index (χ2v) is 7.78. The van der Waals surface area contributed by atoms with Gasteiger partial charge >= 0.3 is 0 Å². The summed E-state index contributed by atoms with van der Waals surface area (Å²) in [6, 6.07) is 10.6. The number of methoxy groups -OCH3 is 2. The van der Waals surface area contributed by atoms with Gasteiger partial charge in [-0.25, -0.2) is 4.39 Å². The van der Waals surface area contributed by atoms with E-state index >= 15 is 0 Å². The third kappa shape index (κ3) is 4.32. The van der Waals surface area contributed by atoms with Crippen LogP contribution in [0.4, 0.5) is 4.39 Å². The minimum absolute atomic E-state index is 0.297. The molecule has 0 unspecified atom stereocenters. The van der Waals surface area contributed by atoms with Crippen LogP contribution in [0.15, 0.2) is 51.3 Å². The van der Waals surface area contributed by atoms with Crippen LogP contribution in [0.2, 0.25) is 0 Å². The molecule has 0 atom stereocenters. The Labute approximate surface area is 168 Å². The highest BCUT2D eigenvalue weighted by molar-refractivity contribution is 7.99. The number of nitrogens with zero attached hydrogens (tertiary/aromatic N) is 1. The molecule has 3 rings (SSSR count). The van der Waals surface area contributed by atoms with Crippen LogP contribution in [0.3, 0.4) is 0 Å². The fourth-order valence-electron chi connectivity index (χ4n) is 3.42. The van der Waals surface area contributed by atoms with Gasteiger partial charge in [0, 0.05) is 48.5 Å². The Balaban J connectivity index is 1.92. The van der Waals surface area contributed by atoms with Crippen LogP contribution in [0.1, 0.15) is 30.9 Å². The highest BCUT2D eigenvalue weighted by atomic mass is 32.2. The molecule has 2 aromatic rings. The van der Waals surface area contributed by atoms with Gasteiger partial charge in [-0.05, 0) is 48.9 Å². The molecule has 5 nitrogen and oxygen atoms in total. The van der Waals surface area contributed by atoms with E-state index in [4.69, 9.17) is 19.4 Å². The zero-order valence-corrected chi connectivity index (χ0v) is 17.0. The Kier molecular flexibility index (Phi) is 6.59. The fourth-order valence-corrected chi connectivity index (χ4v) is 4.35. The van der Waals surface area contributed by atoms with Crippen LogP contribution in [0, 0.1) is 5.82 Å². The Bertz CT molecular complexity index is 865. The summed E-state index contributed by atoms with van der Waals surface area (Å²) in [7, 11) is 3.23. The lowest BCUT2D eigenvalue weighted by atomic mass is 9.86. The number of halogens is 1. The highest BCUT2D eigenvalue weighted by Gasteiger charge is 2.35. The maximum absolute atomic E-state index is 14.4. The van der Waals surface area contributed by atoms with Gasteiger partial charge < -0.3 is 19.4 Å². The van der Waals surface area contributed by atoms with Gasteiger partial charge in [-0.3, -0.25) is 0 Å². The van der Waals surface area contributed by atoms with Gasteiger partial charge in [0.1, 0.15) is 11.6 Å². The lowest BCUT2D eigenvalue weighted by molar-refractivity contribution is -0.0950. The van der Waals surface area contributed by atoms with Crippen LogP contribution < -0.4 is 4.74 Å².